The highest BCUT2D eigenvalue weighted by molar-refractivity contribution is 7.89. The highest BCUT2D eigenvalue weighted by atomic mass is 32.2. The Hall–Kier alpha value is -2.13. The van der Waals surface area contributed by atoms with Crippen molar-refractivity contribution < 1.29 is 18.0 Å². The lowest BCUT2D eigenvalue weighted by atomic mass is 10.2. The van der Waals surface area contributed by atoms with Crippen LogP contribution in [0.15, 0.2) is 23.1 Å². The number of amides is 2. The van der Waals surface area contributed by atoms with Crippen LogP contribution in [-0.2, 0) is 14.8 Å². The van der Waals surface area contributed by atoms with Crippen LogP contribution in [-0.4, -0.2) is 37.1 Å². The average Bonchev–Trinajstić information content (AvgIpc) is 2.88. The molecule has 0 aromatic heterocycles. The molecule has 0 aliphatic carbocycles. The highest BCUT2D eigenvalue weighted by Crippen LogP contribution is 2.29. The number of nitrogens with two attached hydrogens (primary N) is 3. The number of rotatable bonds is 4. The Kier molecular flexibility index (Phi) is 3.88. The van der Waals surface area contributed by atoms with E-state index >= 15 is 0 Å². The number of sulfonamides is 1. The molecule has 9 heteroatoms. The largest absolute Gasteiger partial charge is 0.398 e. The van der Waals surface area contributed by atoms with Gasteiger partial charge in [-0.05, 0) is 31.0 Å². The van der Waals surface area contributed by atoms with Crippen molar-refractivity contribution in [3.05, 3.63) is 23.8 Å². The first-order valence-electron chi connectivity index (χ1n) is 6.25. The molecule has 1 atom stereocenters. The quantitative estimate of drug-likeness (QED) is 0.610. The SMILES string of the molecule is NC(=O)c1ccc(S(=O)(=O)N2CCCC2C(N)=O)c(N)c1. The third-order valence-electron chi connectivity index (χ3n) is 3.41. The van der Waals surface area contributed by atoms with Crippen LogP contribution in [0.25, 0.3) is 0 Å². The summed E-state index contributed by atoms with van der Waals surface area (Å²) >= 11 is 0. The highest BCUT2D eigenvalue weighted by Gasteiger charge is 2.39. The van der Waals surface area contributed by atoms with E-state index in [4.69, 9.17) is 17.2 Å². The van der Waals surface area contributed by atoms with E-state index in [-0.39, 0.29) is 22.7 Å². The van der Waals surface area contributed by atoms with E-state index < -0.39 is 27.9 Å². The molecule has 2 rings (SSSR count). The number of carbonyl (C=O) groups is 2. The maximum atomic E-state index is 12.6. The number of carbonyl (C=O) groups excluding carboxylic acids is 2. The third-order valence-corrected chi connectivity index (χ3v) is 5.40. The van der Waals surface area contributed by atoms with Crippen molar-refractivity contribution in [2.75, 3.05) is 12.3 Å². The predicted octanol–water partition coefficient (Wildman–Crippen LogP) is -0.994. The van der Waals surface area contributed by atoms with Crippen LogP contribution in [0.5, 0.6) is 0 Å². The molecule has 1 aliphatic rings. The fraction of sp³-hybridized carbons (Fsp3) is 0.333. The first-order chi connectivity index (χ1) is 9.75. The van der Waals surface area contributed by atoms with Gasteiger partial charge in [0.05, 0.1) is 5.69 Å². The minimum atomic E-state index is -3.95. The first kappa shape index (κ1) is 15.3. The molecule has 0 saturated carbocycles. The second-order valence-corrected chi connectivity index (χ2v) is 6.65. The molecule has 21 heavy (non-hydrogen) atoms. The minimum absolute atomic E-state index is 0.0959. The van der Waals surface area contributed by atoms with Crippen molar-refractivity contribution >= 4 is 27.5 Å². The van der Waals surface area contributed by atoms with E-state index in [0.29, 0.717) is 12.8 Å². The van der Waals surface area contributed by atoms with Crippen LogP contribution in [0.3, 0.4) is 0 Å². The summed E-state index contributed by atoms with van der Waals surface area (Å²) in [6.45, 7) is 0.201. The van der Waals surface area contributed by atoms with Crippen LogP contribution in [0, 0.1) is 0 Å². The maximum absolute atomic E-state index is 12.6. The molecule has 1 aliphatic heterocycles. The molecule has 1 heterocycles. The number of anilines is 1. The summed E-state index contributed by atoms with van der Waals surface area (Å²) in [4.78, 5) is 22.2. The zero-order chi connectivity index (χ0) is 15.8. The Morgan fingerprint density at radius 1 is 1.24 bits per heavy atom. The lowest BCUT2D eigenvalue weighted by Gasteiger charge is -2.22. The van der Waals surface area contributed by atoms with E-state index in [1.54, 1.807) is 0 Å². The number of benzene rings is 1. The lowest BCUT2D eigenvalue weighted by Crippen LogP contribution is -2.43. The van der Waals surface area contributed by atoms with Crippen molar-refractivity contribution in [2.45, 2.75) is 23.8 Å². The van der Waals surface area contributed by atoms with Crippen LogP contribution >= 0.6 is 0 Å². The van der Waals surface area contributed by atoms with Crippen LogP contribution in [0.4, 0.5) is 5.69 Å². The van der Waals surface area contributed by atoms with E-state index in [1.807, 2.05) is 0 Å². The van der Waals surface area contributed by atoms with Crippen LogP contribution in [0.2, 0.25) is 0 Å². The van der Waals surface area contributed by atoms with Gasteiger partial charge in [0.15, 0.2) is 0 Å². The molecule has 1 aromatic carbocycles. The molecule has 1 saturated heterocycles. The summed E-state index contributed by atoms with van der Waals surface area (Å²) in [5.74, 6) is -1.40. The summed E-state index contributed by atoms with van der Waals surface area (Å²) in [6, 6.07) is 2.82. The Labute approximate surface area is 121 Å². The second kappa shape index (κ2) is 5.34. The van der Waals surface area contributed by atoms with Crippen molar-refractivity contribution in [1.29, 1.82) is 0 Å². The van der Waals surface area contributed by atoms with Gasteiger partial charge >= 0.3 is 0 Å². The fourth-order valence-corrected chi connectivity index (χ4v) is 4.14. The van der Waals surface area contributed by atoms with Gasteiger partial charge in [0.1, 0.15) is 10.9 Å². The normalized spacial score (nSPS) is 19.5. The van der Waals surface area contributed by atoms with Gasteiger partial charge < -0.3 is 17.2 Å². The summed E-state index contributed by atoms with van der Waals surface area (Å²) in [7, 11) is -3.95. The van der Waals surface area contributed by atoms with Gasteiger partial charge in [-0.25, -0.2) is 8.42 Å². The maximum Gasteiger partial charge on any atom is 0.248 e. The first-order valence-corrected chi connectivity index (χ1v) is 7.69. The molecule has 1 aromatic rings. The average molecular weight is 312 g/mol. The molecule has 0 bridgehead atoms. The standard InChI is InChI=1S/C12H16N4O4S/c13-8-6-7(11(14)17)3-4-10(8)21(19,20)16-5-1-2-9(16)12(15)18/h3-4,6,9H,1-2,5,13H2,(H2,14,17)(H2,15,18). The number of hydrogen-bond donors (Lipinski definition) is 3. The van der Waals surface area contributed by atoms with Gasteiger partial charge in [-0.3, -0.25) is 9.59 Å². The van der Waals surface area contributed by atoms with Crippen molar-refractivity contribution in [3.8, 4) is 0 Å². The lowest BCUT2D eigenvalue weighted by molar-refractivity contribution is -0.121. The minimum Gasteiger partial charge on any atom is -0.398 e. The Morgan fingerprint density at radius 2 is 1.90 bits per heavy atom. The fourth-order valence-electron chi connectivity index (χ4n) is 2.38. The molecule has 1 fully saturated rings. The zero-order valence-electron chi connectivity index (χ0n) is 11.2. The van der Waals surface area contributed by atoms with Gasteiger partial charge in [-0.2, -0.15) is 4.31 Å². The Balaban J connectivity index is 2.45. The molecule has 114 valence electrons. The van der Waals surface area contributed by atoms with Crippen molar-refractivity contribution in [3.63, 3.8) is 0 Å². The smallest absolute Gasteiger partial charge is 0.248 e. The number of nitrogens with zero attached hydrogens (tertiary/aromatic N) is 1. The third kappa shape index (κ3) is 2.69. The second-order valence-electron chi connectivity index (χ2n) is 4.79. The van der Waals surface area contributed by atoms with E-state index in [1.165, 1.54) is 18.2 Å². The van der Waals surface area contributed by atoms with Crippen LogP contribution < -0.4 is 17.2 Å². The van der Waals surface area contributed by atoms with E-state index in [0.717, 1.165) is 4.31 Å². The zero-order valence-corrected chi connectivity index (χ0v) is 12.0. The summed E-state index contributed by atoms with van der Waals surface area (Å²) < 4.78 is 26.2. The van der Waals surface area contributed by atoms with Gasteiger partial charge in [-0.15, -0.1) is 0 Å². The molecular weight excluding hydrogens is 296 g/mol. The molecule has 0 radical (unpaired) electrons. The molecule has 6 N–H and O–H groups in total. The van der Waals surface area contributed by atoms with Crippen LogP contribution in [0.1, 0.15) is 23.2 Å². The van der Waals surface area contributed by atoms with E-state index in [9.17, 15) is 18.0 Å². The Bertz CT molecular complexity index is 701. The molecule has 0 spiro atoms. The number of nitrogen functional groups attached to an aromatic ring is 1. The number of hydrogen-bond acceptors (Lipinski definition) is 5. The van der Waals surface area contributed by atoms with Gasteiger partial charge in [0.25, 0.3) is 0 Å². The van der Waals surface area contributed by atoms with E-state index in [2.05, 4.69) is 0 Å². The topological polar surface area (TPSA) is 150 Å². The summed E-state index contributed by atoms with van der Waals surface area (Å²) in [5, 5.41) is 0. The van der Waals surface area contributed by atoms with Crippen molar-refractivity contribution in [2.24, 2.45) is 11.5 Å². The predicted molar refractivity (Wildman–Crippen MR) is 75.5 cm³/mol. The summed E-state index contributed by atoms with van der Waals surface area (Å²) in [6.07, 6.45) is 0.931. The molecule has 8 nitrogen and oxygen atoms in total. The molecule has 1 unspecified atom stereocenters. The van der Waals surface area contributed by atoms with Gasteiger partial charge in [-0.1, -0.05) is 0 Å². The molecule has 2 amide bonds. The van der Waals surface area contributed by atoms with Crippen molar-refractivity contribution in [1.82, 2.24) is 4.31 Å². The monoisotopic (exact) mass is 312 g/mol. The van der Waals surface area contributed by atoms with Gasteiger partial charge in [0.2, 0.25) is 21.8 Å². The Morgan fingerprint density at radius 3 is 2.43 bits per heavy atom. The van der Waals surface area contributed by atoms with Gasteiger partial charge in [0, 0.05) is 12.1 Å². The molecular formula is C12H16N4O4S. The summed E-state index contributed by atoms with van der Waals surface area (Å²) in [5.41, 5.74) is 16.1. The number of primary amides is 2.